The van der Waals surface area contributed by atoms with E-state index in [1.807, 2.05) is 12.5 Å². The van der Waals surface area contributed by atoms with Crippen molar-refractivity contribution < 1.29 is 0 Å². The van der Waals surface area contributed by atoms with E-state index in [0.717, 1.165) is 25.6 Å². The zero-order valence-corrected chi connectivity index (χ0v) is 10.6. The van der Waals surface area contributed by atoms with Gasteiger partial charge >= 0.3 is 0 Å². The van der Waals surface area contributed by atoms with Crippen molar-refractivity contribution in [2.24, 2.45) is 5.92 Å². The summed E-state index contributed by atoms with van der Waals surface area (Å²) in [5, 5.41) is 5.54. The van der Waals surface area contributed by atoms with Gasteiger partial charge in [-0.1, -0.05) is 6.07 Å². The summed E-state index contributed by atoms with van der Waals surface area (Å²) in [6.07, 6.45) is 6.51. The minimum absolute atomic E-state index is 0.796. The molecule has 1 aliphatic heterocycles. The highest BCUT2D eigenvalue weighted by Crippen LogP contribution is 2.26. The Morgan fingerprint density at radius 1 is 1.41 bits per heavy atom. The van der Waals surface area contributed by atoms with E-state index in [0.29, 0.717) is 0 Å². The van der Waals surface area contributed by atoms with Gasteiger partial charge in [0.15, 0.2) is 0 Å². The molecule has 3 rings (SSSR count). The van der Waals surface area contributed by atoms with E-state index in [9.17, 15) is 0 Å². The summed E-state index contributed by atoms with van der Waals surface area (Å²) >= 11 is 1.78. The highest BCUT2D eigenvalue weighted by molar-refractivity contribution is 7.13. The molecule has 2 aromatic rings. The van der Waals surface area contributed by atoms with Gasteiger partial charge in [0.2, 0.25) is 0 Å². The maximum atomic E-state index is 4.30. The van der Waals surface area contributed by atoms with Crippen LogP contribution in [0.3, 0.4) is 0 Å². The number of thiophene rings is 1. The Balaban J connectivity index is 1.77. The van der Waals surface area contributed by atoms with Crippen LogP contribution < -0.4 is 5.32 Å². The average Bonchev–Trinajstić information content (AvgIpc) is 3.00. The number of imidazole rings is 1. The summed E-state index contributed by atoms with van der Waals surface area (Å²) in [7, 11) is 0. The summed E-state index contributed by atoms with van der Waals surface area (Å²) in [4.78, 5) is 5.61. The lowest BCUT2D eigenvalue weighted by Crippen LogP contribution is -2.29. The molecule has 1 fully saturated rings. The number of hydrogen-bond acceptors (Lipinski definition) is 3. The van der Waals surface area contributed by atoms with Crippen LogP contribution in [0.2, 0.25) is 0 Å². The molecule has 0 unspecified atom stereocenters. The molecule has 3 heterocycles. The van der Waals surface area contributed by atoms with Gasteiger partial charge in [0, 0.05) is 6.54 Å². The average molecular weight is 247 g/mol. The van der Waals surface area contributed by atoms with E-state index in [4.69, 9.17) is 0 Å². The van der Waals surface area contributed by atoms with Gasteiger partial charge in [-0.2, -0.15) is 0 Å². The maximum absolute atomic E-state index is 4.30. The van der Waals surface area contributed by atoms with E-state index in [2.05, 4.69) is 32.4 Å². The van der Waals surface area contributed by atoms with Crippen LogP contribution in [0.25, 0.3) is 10.6 Å². The van der Waals surface area contributed by atoms with Crippen LogP contribution in [0.4, 0.5) is 0 Å². The van der Waals surface area contributed by atoms with Gasteiger partial charge in [0.25, 0.3) is 0 Å². The Morgan fingerprint density at radius 2 is 2.29 bits per heavy atom. The van der Waals surface area contributed by atoms with Gasteiger partial charge in [-0.15, -0.1) is 11.3 Å². The Kier molecular flexibility index (Phi) is 3.25. The molecular weight excluding hydrogens is 230 g/mol. The van der Waals surface area contributed by atoms with Crippen molar-refractivity contribution in [2.75, 3.05) is 13.1 Å². The first kappa shape index (κ1) is 11.0. The molecule has 90 valence electrons. The second kappa shape index (κ2) is 5.02. The molecule has 3 nitrogen and oxygen atoms in total. The summed E-state index contributed by atoms with van der Waals surface area (Å²) in [6, 6.07) is 4.27. The SMILES string of the molecule is c1csc(-c2cncn2CC2CCNCC2)c1. The van der Waals surface area contributed by atoms with Crippen LogP contribution >= 0.6 is 11.3 Å². The van der Waals surface area contributed by atoms with Crippen molar-refractivity contribution in [3.63, 3.8) is 0 Å². The molecule has 0 aliphatic carbocycles. The molecule has 4 heteroatoms. The topological polar surface area (TPSA) is 29.9 Å². The molecule has 1 aliphatic rings. The predicted octanol–water partition coefficient (Wildman–Crippen LogP) is 2.61. The van der Waals surface area contributed by atoms with Crippen molar-refractivity contribution in [1.82, 2.24) is 14.9 Å². The Morgan fingerprint density at radius 3 is 3.06 bits per heavy atom. The molecule has 0 saturated carbocycles. The normalized spacial score (nSPS) is 17.4. The van der Waals surface area contributed by atoms with Crippen LogP contribution in [-0.2, 0) is 6.54 Å². The minimum Gasteiger partial charge on any atom is -0.330 e. The smallest absolute Gasteiger partial charge is 0.0951 e. The zero-order chi connectivity index (χ0) is 11.5. The molecule has 1 N–H and O–H groups in total. The fraction of sp³-hybridized carbons (Fsp3) is 0.462. The van der Waals surface area contributed by atoms with Gasteiger partial charge in [0.05, 0.1) is 23.1 Å². The van der Waals surface area contributed by atoms with Crippen LogP contribution in [-0.4, -0.2) is 22.6 Å². The number of nitrogens with zero attached hydrogens (tertiary/aromatic N) is 2. The van der Waals surface area contributed by atoms with Gasteiger partial charge in [0.1, 0.15) is 0 Å². The summed E-state index contributed by atoms with van der Waals surface area (Å²) in [6.45, 7) is 3.43. The van der Waals surface area contributed by atoms with Crippen molar-refractivity contribution in [1.29, 1.82) is 0 Å². The van der Waals surface area contributed by atoms with E-state index in [1.165, 1.54) is 23.4 Å². The van der Waals surface area contributed by atoms with Gasteiger partial charge in [-0.25, -0.2) is 4.98 Å². The van der Waals surface area contributed by atoms with E-state index in [-0.39, 0.29) is 0 Å². The maximum Gasteiger partial charge on any atom is 0.0951 e. The lowest BCUT2D eigenvalue weighted by Gasteiger charge is -2.23. The lowest BCUT2D eigenvalue weighted by molar-refractivity contribution is 0.334. The summed E-state index contributed by atoms with van der Waals surface area (Å²) in [5.74, 6) is 0.796. The first-order valence-corrected chi connectivity index (χ1v) is 7.06. The molecular formula is C13H17N3S. The quantitative estimate of drug-likeness (QED) is 0.903. The van der Waals surface area contributed by atoms with Crippen molar-refractivity contribution in [2.45, 2.75) is 19.4 Å². The number of rotatable bonds is 3. The molecule has 2 aromatic heterocycles. The highest BCUT2D eigenvalue weighted by atomic mass is 32.1. The van der Waals surface area contributed by atoms with E-state index in [1.54, 1.807) is 11.3 Å². The molecule has 0 bridgehead atoms. The van der Waals surface area contributed by atoms with Gasteiger partial charge in [-0.3, -0.25) is 0 Å². The Bertz CT molecular complexity index is 455. The third-order valence-electron chi connectivity index (χ3n) is 3.40. The molecule has 0 amide bonds. The Hall–Kier alpha value is -1.13. The second-order valence-electron chi connectivity index (χ2n) is 4.60. The van der Waals surface area contributed by atoms with Crippen LogP contribution in [0.15, 0.2) is 30.0 Å². The second-order valence-corrected chi connectivity index (χ2v) is 5.55. The third kappa shape index (κ3) is 2.42. The van der Waals surface area contributed by atoms with E-state index < -0.39 is 0 Å². The molecule has 1 saturated heterocycles. The van der Waals surface area contributed by atoms with Crippen LogP contribution in [0, 0.1) is 5.92 Å². The lowest BCUT2D eigenvalue weighted by atomic mass is 9.98. The standard InChI is InChI=1S/C13H17N3S/c1-2-13(17-7-1)12-8-15-10-16(12)9-11-3-5-14-6-4-11/h1-2,7-8,10-11,14H,3-6,9H2. The third-order valence-corrected chi connectivity index (χ3v) is 4.29. The zero-order valence-electron chi connectivity index (χ0n) is 9.80. The largest absolute Gasteiger partial charge is 0.330 e. The minimum atomic E-state index is 0.796. The van der Waals surface area contributed by atoms with Crippen LogP contribution in [0.5, 0.6) is 0 Å². The van der Waals surface area contributed by atoms with Crippen molar-refractivity contribution in [3.05, 3.63) is 30.0 Å². The molecule has 0 radical (unpaired) electrons. The van der Waals surface area contributed by atoms with Crippen molar-refractivity contribution in [3.8, 4) is 10.6 Å². The molecule has 0 aromatic carbocycles. The number of nitrogens with one attached hydrogen (secondary N) is 1. The Labute approximate surface area is 106 Å². The van der Waals surface area contributed by atoms with Crippen molar-refractivity contribution >= 4 is 11.3 Å². The first-order chi connectivity index (χ1) is 8.43. The number of aromatic nitrogens is 2. The monoisotopic (exact) mass is 247 g/mol. The summed E-state index contributed by atoms with van der Waals surface area (Å²) in [5.41, 5.74) is 1.26. The first-order valence-electron chi connectivity index (χ1n) is 6.18. The van der Waals surface area contributed by atoms with Gasteiger partial charge < -0.3 is 9.88 Å². The van der Waals surface area contributed by atoms with Crippen LogP contribution in [0.1, 0.15) is 12.8 Å². The fourth-order valence-corrected chi connectivity index (χ4v) is 3.19. The number of hydrogen-bond donors (Lipinski definition) is 1. The van der Waals surface area contributed by atoms with E-state index >= 15 is 0 Å². The molecule has 17 heavy (non-hydrogen) atoms. The predicted molar refractivity (Wildman–Crippen MR) is 71.1 cm³/mol. The molecule has 0 spiro atoms. The summed E-state index contributed by atoms with van der Waals surface area (Å²) < 4.78 is 2.31. The molecule has 0 atom stereocenters. The highest BCUT2D eigenvalue weighted by Gasteiger charge is 2.15. The van der Waals surface area contributed by atoms with Gasteiger partial charge in [-0.05, 0) is 43.3 Å². The fourth-order valence-electron chi connectivity index (χ4n) is 2.44. The number of piperidine rings is 1.